The first-order valence-electron chi connectivity index (χ1n) is 7.52. The summed E-state index contributed by atoms with van der Waals surface area (Å²) < 4.78 is 10.2. The Kier molecular flexibility index (Phi) is 4.14. The monoisotopic (exact) mass is 314 g/mol. The molecule has 1 saturated carbocycles. The molecule has 2 aromatic rings. The Hall–Kier alpha value is -2.63. The van der Waals surface area contributed by atoms with Crippen molar-refractivity contribution in [1.82, 2.24) is 4.98 Å². The molecule has 1 amide bonds. The largest absolute Gasteiger partial charge is 0.479 e. The van der Waals surface area contributed by atoms with Gasteiger partial charge in [-0.15, -0.1) is 0 Å². The minimum Gasteiger partial charge on any atom is -0.479 e. The van der Waals surface area contributed by atoms with Crippen LogP contribution in [0.2, 0.25) is 0 Å². The van der Waals surface area contributed by atoms with Crippen LogP contribution in [0.5, 0.6) is 5.75 Å². The lowest BCUT2D eigenvalue weighted by Gasteiger charge is -2.13. The summed E-state index contributed by atoms with van der Waals surface area (Å²) in [5.41, 5.74) is 0. The topological polar surface area (TPSA) is 77.5 Å². The molecule has 1 N–H and O–H groups in total. The molecule has 23 heavy (non-hydrogen) atoms. The van der Waals surface area contributed by atoms with E-state index in [1.807, 2.05) is 12.1 Å². The third-order valence-corrected chi connectivity index (χ3v) is 3.74. The van der Waals surface area contributed by atoms with E-state index in [9.17, 15) is 9.59 Å². The van der Waals surface area contributed by atoms with Crippen molar-refractivity contribution in [3.8, 4) is 5.75 Å². The maximum Gasteiger partial charge on any atom is 0.346 e. The third-order valence-electron chi connectivity index (χ3n) is 3.74. The number of benzene rings is 1. The van der Waals surface area contributed by atoms with Gasteiger partial charge in [-0.25, -0.2) is 9.78 Å². The predicted octanol–water partition coefficient (Wildman–Crippen LogP) is 2.52. The van der Waals surface area contributed by atoms with Crippen molar-refractivity contribution in [2.24, 2.45) is 5.92 Å². The van der Waals surface area contributed by atoms with Crippen molar-refractivity contribution in [2.75, 3.05) is 12.4 Å². The molecule has 120 valence electrons. The molecule has 3 rings (SSSR count). The number of pyridine rings is 1. The summed E-state index contributed by atoms with van der Waals surface area (Å²) >= 11 is 0. The van der Waals surface area contributed by atoms with Gasteiger partial charge in [0.1, 0.15) is 11.6 Å². The van der Waals surface area contributed by atoms with E-state index in [0.717, 1.165) is 23.6 Å². The van der Waals surface area contributed by atoms with Crippen LogP contribution in [0, 0.1) is 5.92 Å². The van der Waals surface area contributed by atoms with Crippen molar-refractivity contribution < 1.29 is 19.1 Å². The number of esters is 1. The van der Waals surface area contributed by atoms with E-state index in [-0.39, 0.29) is 11.8 Å². The Balaban J connectivity index is 1.75. The van der Waals surface area contributed by atoms with Crippen LogP contribution in [0.4, 0.5) is 5.82 Å². The second-order valence-corrected chi connectivity index (χ2v) is 5.63. The smallest absolute Gasteiger partial charge is 0.346 e. The van der Waals surface area contributed by atoms with Gasteiger partial charge in [-0.3, -0.25) is 4.79 Å². The van der Waals surface area contributed by atoms with Gasteiger partial charge >= 0.3 is 5.97 Å². The molecule has 1 aliphatic carbocycles. The number of aromatic nitrogens is 1. The van der Waals surface area contributed by atoms with Crippen molar-refractivity contribution in [1.29, 1.82) is 0 Å². The molecule has 6 nitrogen and oxygen atoms in total. The first-order chi connectivity index (χ1) is 11.1. The average Bonchev–Trinajstić information content (AvgIpc) is 3.39. The zero-order valence-corrected chi connectivity index (χ0v) is 13.0. The number of anilines is 1. The quantitative estimate of drug-likeness (QED) is 0.858. The van der Waals surface area contributed by atoms with Crippen molar-refractivity contribution in [2.45, 2.75) is 25.9 Å². The Morgan fingerprint density at radius 2 is 2.04 bits per heavy atom. The summed E-state index contributed by atoms with van der Waals surface area (Å²) in [6.45, 7) is 1.63. The van der Waals surface area contributed by atoms with Crippen LogP contribution in [0.1, 0.15) is 19.8 Å². The summed E-state index contributed by atoms with van der Waals surface area (Å²) in [5.74, 6) is 0.853. The lowest BCUT2D eigenvalue weighted by Crippen LogP contribution is -2.24. The maximum atomic E-state index is 11.8. The van der Waals surface area contributed by atoms with Crippen molar-refractivity contribution in [3.63, 3.8) is 0 Å². The van der Waals surface area contributed by atoms with E-state index in [1.165, 1.54) is 7.11 Å². The van der Waals surface area contributed by atoms with Gasteiger partial charge in [0.2, 0.25) is 5.91 Å². The second-order valence-electron chi connectivity index (χ2n) is 5.63. The lowest BCUT2D eigenvalue weighted by molar-refractivity contribution is -0.147. The molecule has 0 spiro atoms. The minimum absolute atomic E-state index is 0.0312. The summed E-state index contributed by atoms with van der Waals surface area (Å²) in [6.07, 6.45) is 2.91. The molecular formula is C17H18N2O4. The highest BCUT2D eigenvalue weighted by atomic mass is 16.6. The van der Waals surface area contributed by atoms with E-state index in [1.54, 1.807) is 25.3 Å². The number of hydrogen-bond donors (Lipinski definition) is 1. The van der Waals surface area contributed by atoms with E-state index in [2.05, 4.69) is 15.0 Å². The fourth-order valence-corrected chi connectivity index (χ4v) is 2.25. The third kappa shape index (κ3) is 3.59. The van der Waals surface area contributed by atoms with Gasteiger partial charge in [0.15, 0.2) is 6.10 Å². The number of hydrogen-bond acceptors (Lipinski definition) is 5. The van der Waals surface area contributed by atoms with Gasteiger partial charge in [0, 0.05) is 17.5 Å². The molecule has 6 heteroatoms. The fraction of sp³-hybridized carbons (Fsp3) is 0.353. The summed E-state index contributed by atoms with van der Waals surface area (Å²) in [4.78, 5) is 27.4. The highest BCUT2D eigenvalue weighted by molar-refractivity contribution is 5.95. The number of amides is 1. The van der Waals surface area contributed by atoms with E-state index in [0.29, 0.717) is 11.6 Å². The number of carbonyl (C=O) groups is 2. The van der Waals surface area contributed by atoms with Gasteiger partial charge in [-0.05, 0) is 43.4 Å². The summed E-state index contributed by atoms with van der Waals surface area (Å²) in [5, 5.41) is 4.62. The summed E-state index contributed by atoms with van der Waals surface area (Å²) in [7, 11) is 1.32. The van der Waals surface area contributed by atoms with Gasteiger partial charge in [-0.1, -0.05) is 6.07 Å². The zero-order chi connectivity index (χ0) is 16.4. The van der Waals surface area contributed by atoms with Crippen LogP contribution in [-0.2, 0) is 14.3 Å². The van der Waals surface area contributed by atoms with Crippen LogP contribution >= 0.6 is 0 Å². The van der Waals surface area contributed by atoms with Crippen LogP contribution in [0.3, 0.4) is 0 Å². The lowest BCUT2D eigenvalue weighted by atomic mass is 10.1. The molecule has 1 unspecified atom stereocenters. The molecule has 1 aliphatic rings. The molecule has 0 saturated heterocycles. The zero-order valence-electron chi connectivity index (χ0n) is 13.0. The molecule has 0 aliphatic heterocycles. The molecule has 1 aromatic carbocycles. The Morgan fingerprint density at radius 3 is 2.74 bits per heavy atom. The number of ether oxygens (including phenoxy) is 2. The Bertz CT molecular complexity index is 755. The maximum absolute atomic E-state index is 11.8. The standard InChI is InChI=1S/C17H18N2O4/c1-10(17(21)22-2)23-14-6-5-12-8-15(18-9-13(12)7-14)19-16(20)11-3-4-11/h5-11H,3-4H2,1-2H3,(H,18,19,20). The fourth-order valence-electron chi connectivity index (χ4n) is 2.25. The van der Waals surface area contributed by atoms with Gasteiger partial charge in [-0.2, -0.15) is 0 Å². The van der Waals surface area contributed by atoms with Crippen LogP contribution in [-0.4, -0.2) is 30.1 Å². The molecule has 1 fully saturated rings. The van der Waals surface area contributed by atoms with Gasteiger partial charge < -0.3 is 14.8 Å². The molecule has 0 bridgehead atoms. The number of rotatable bonds is 5. The molecular weight excluding hydrogens is 296 g/mol. The SMILES string of the molecule is COC(=O)C(C)Oc1ccc2cc(NC(=O)C3CC3)ncc2c1. The summed E-state index contributed by atoms with van der Waals surface area (Å²) in [6, 6.07) is 7.26. The Labute approximate surface area is 133 Å². The van der Waals surface area contributed by atoms with E-state index in [4.69, 9.17) is 4.74 Å². The number of carbonyl (C=O) groups excluding carboxylic acids is 2. The van der Waals surface area contributed by atoms with Crippen molar-refractivity contribution >= 4 is 28.5 Å². The van der Waals surface area contributed by atoms with E-state index < -0.39 is 12.1 Å². The van der Waals surface area contributed by atoms with Gasteiger partial charge in [0.05, 0.1) is 7.11 Å². The predicted molar refractivity (Wildman–Crippen MR) is 85.2 cm³/mol. The normalized spacial score (nSPS) is 15.0. The van der Waals surface area contributed by atoms with Crippen molar-refractivity contribution in [3.05, 3.63) is 30.5 Å². The number of methoxy groups -OCH3 is 1. The molecule has 1 heterocycles. The number of fused-ring (bicyclic) bond motifs is 1. The first kappa shape index (κ1) is 15.3. The number of nitrogens with zero attached hydrogens (tertiary/aromatic N) is 1. The van der Waals surface area contributed by atoms with Crippen LogP contribution in [0.25, 0.3) is 10.8 Å². The highest BCUT2D eigenvalue weighted by Gasteiger charge is 2.29. The van der Waals surface area contributed by atoms with Crippen LogP contribution < -0.4 is 10.1 Å². The van der Waals surface area contributed by atoms with Crippen LogP contribution in [0.15, 0.2) is 30.5 Å². The second kappa shape index (κ2) is 6.24. The number of nitrogens with one attached hydrogen (secondary N) is 1. The molecule has 0 radical (unpaired) electrons. The molecule has 1 atom stereocenters. The Morgan fingerprint density at radius 1 is 1.26 bits per heavy atom. The van der Waals surface area contributed by atoms with Gasteiger partial charge in [0.25, 0.3) is 0 Å². The minimum atomic E-state index is -0.678. The average molecular weight is 314 g/mol. The first-order valence-corrected chi connectivity index (χ1v) is 7.52. The highest BCUT2D eigenvalue weighted by Crippen LogP contribution is 2.30. The van der Waals surface area contributed by atoms with E-state index >= 15 is 0 Å². The molecule has 1 aromatic heterocycles.